The molecule has 3 rings (SSSR count). The average Bonchev–Trinajstić information content (AvgIpc) is 2.53. The molecule has 3 nitrogen and oxygen atoms in total. The van der Waals surface area contributed by atoms with Crippen LogP contribution in [0, 0.1) is 5.92 Å². The lowest BCUT2D eigenvalue weighted by Gasteiger charge is -2.23. The zero-order valence-corrected chi connectivity index (χ0v) is 12.1. The van der Waals surface area contributed by atoms with Gasteiger partial charge in [-0.2, -0.15) is 0 Å². The van der Waals surface area contributed by atoms with E-state index in [0.717, 1.165) is 34.8 Å². The molecule has 0 unspecified atom stereocenters. The predicted molar refractivity (Wildman–Crippen MR) is 83.4 cm³/mol. The van der Waals surface area contributed by atoms with Crippen molar-refractivity contribution < 1.29 is 4.74 Å². The van der Waals surface area contributed by atoms with Crippen LogP contribution < -0.4 is 10.1 Å². The van der Waals surface area contributed by atoms with Gasteiger partial charge in [0.05, 0.1) is 24.5 Å². The molecule has 0 bridgehead atoms. The Morgan fingerprint density at radius 2 is 2.00 bits per heavy atom. The molecule has 1 heterocycles. The fourth-order valence-corrected chi connectivity index (χ4v) is 3.11. The number of hydrogen-bond donors (Lipinski definition) is 1. The Morgan fingerprint density at radius 3 is 2.80 bits per heavy atom. The fraction of sp³-hybridized carbons (Fsp3) is 0.471. The van der Waals surface area contributed by atoms with Gasteiger partial charge >= 0.3 is 0 Å². The minimum atomic E-state index is 0.792. The lowest BCUT2D eigenvalue weighted by atomic mass is 9.89. The van der Waals surface area contributed by atoms with Gasteiger partial charge in [-0.15, -0.1) is 0 Å². The van der Waals surface area contributed by atoms with Crippen LogP contribution in [0.3, 0.4) is 0 Å². The summed E-state index contributed by atoms with van der Waals surface area (Å²) in [7, 11) is 1.73. The van der Waals surface area contributed by atoms with Crippen molar-refractivity contribution in [1.82, 2.24) is 4.98 Å². The summed E-state index contributed by atoms with van der Waals surface area (Å²) in [4.78, 5) is 4.51. The molecule has 1 saturated carbocycles. The molecule has 0 saturated heterocycles. The fourth-order valence-electron chi connectivity index (χ4n) is 3.11. The van der Waals surface area contributed by atoms with E-state index in [1.54, 1.807) is 7.11 Å². The van der Waals surface area contributed by atoms with Crippen molar-refractivity contribution in [2.75, 3.05) is 19.0 Å². The first-order valence-electron chi connectivity index (χ1n) is 7.54. The lowest BCUT2D eigenvalue weighted by molar-refractivity contribution is 0.372. The van der Waals surface area contributed by atoms with Crippen LogP contribution in [-0.4, -0.2) is 18.6 Å². The van der Waals surface area contributed by atoms with Gasteiger partial charge in [-0.05, 0) is 30.9 Å². The van der Waals surface area contributed by atoms with Crippen molar-refractivity contribution in [1.29, 1.82) is 0 Å². The molecule has 0 amide bonds. The number of nitrogens with zero attached hydrogens (tertiary/aromatic N) is 1. The highest BCUT2D eigenvalue weighted by molar-refractivity contribution is 5.90. The number of hydrogen-bond acceptors (Lipinski definition) is 3. The van der Waals surface area contributed by atoms with E-state index in [1.165, 1.54) is 32.1 Å². The van der Waals surface area contributed by atoms with Gasteiger partial charge in [0, 0.05) is 11.9 Å². The van der Waals surface area contributed by atoms with E-state index in [2.05, 4.69) is 16.4 Å². The molecule has 20 heavy (non-hydrogen) atoms. The van der Waals surface area contributed by atoms with Gasteiger partial charge in [-0.3, -0.25) is 4.98 Å². The van der Waals surface area contributed by atoms with Crippen LogP contribution in [0.15, 0.2) is 30.5 Å². The number of nitrogens with one attached hydrogen (secondary N) is 1. The van der Waals surface area contributed by atoms with Crippen LogP contribution in [0.4, 0.5) is 5.69 Å². The van der Waals surface area contributed by atoms with Gasteiger partial charge in [-0.25, -0.2) is 0 Å². The van der Waals surface area contributed by atoms with Gasteiger partial charge in [-0.1, -0.05) is 31.4 Å². The summed E-state index contributed by atoms with van der Waals surface area (Å²) in [5, 5.41) is 4.61. The number of para-hydroxylation sites is 1. The second-order valence-corrected chi connectivity index (χ2v) is 5.61. The number of anilines is 1. The number of ether oxygens (including phenoxy) is 1. The Balaban J connectivity index is 1.80. The zero-order valence-electron chi connectivity index (χ0n) is 12.1. The quantitative estimate of drug-likeness (QED) is 0.902. The molecule has 1 fully saturated rings. The molecule has 0 radical (unpaired) electrons. The Kier molecular flexibility index (Phi) is 4.05. The number of pyridine rings is 1. The van der Waals surface area contributed by atoms with Crippen molar-refractivity contribution >= 4 is 16.6 Å². The largest absolute Gasteiger partial charge is 0.494 e. The van der Waals surface area contributed by atoms with Gasteiger partial charge in [0.1, 0.15) is 0 Å². The molecule has 0 spiro atoms. The Bertz CT molecular complexity index is 576. The first-order valence-corrected chi connectivity index (χ1v) is 7.54. The van der Waals surface area contributed by atoms with Gasteiger partial charge in [0.2, 0.25) is 0 Å². The van der Waals surface area contributed by atoms with Gasteiger partial charge < -0.3 is 10.1 Å². The van der Waals surface area contributed by atoms with E-state index < -0.39 is 0 Å². The maximum atomic E-state index is 5.60. The number of aromatic nitrogens is 1. The van der Waals surface area contributed by atoms with E-state index in [9.17, 15) is 0 Å². The molecular weight excluding hydrogens is 248 g/mol. The zero-order chi connectivity index (χ0) is 13.8. The van der Waals surface area contributed by atoms with Crippen molar-refractivity contribution in [3.05, 3.63) is 30.5 Å². The Hall–Kier alpha value is -1.77. The van der Waals surface area contributed by atoms with Crippen LogP contribution in [0.5, 0.6) is 5.75 Å². The normalized spacial score (nSPS) is 16.2. The molecule has 1 aliphatic carbocycles. The third-order valence-electron chi connectivity index (χ3n) is 4.24. The highest BCUT2D eigenvalue weighted by Gasteiger charge is 2.15. The highest BCUT2D eigenvalue weighted by atomic mass is 16.5. The maximum absolute atomic E-state index is 5.60. The summed E-state index contributed by atoms with van der Waals surface area (Å²) in [5.41, 5.74) is 1.99. The molecule has 1 aromatic heterocycles. The first kappa shape index (κ1) is 13.2. The molecule has 1 aliphatic rings. The lowest BCUT2D eigenvalue weighted by Crippen LogP contribution is -2.17. The number of benzene rings is 1. The SMILES string of the molecule is COc1c(NCC2CCCCC2)cnc2ccccc12. The Labute approximate surface area is 120 Å². The van der Waals surface area contributed by atoms with Gasteiger partial charge in [0.15, 0.2) is 5.75 Å². The van der Waals surface area contributed by atoms with Crippen molar-refractivity contribution in [3.63, 3.8) is 0 Å². The van der Waals surface area contributed by atoms with Crippen molar-refractivity contribution in [2.45, 2.75) is 32.1 Å². The molecule has 0 aliphatic heterocycles. The van der Waals surface area contributed by atoms with E-state index in [4.69, 9.17) is 4.74 Å². The molecule has 106 valence electrons. The topological polar surface area (TPSA) is 34.1 Å². The maximum Gasteiger partial charge on any atom is 0.152 e. The number of methoxy groups -OCH3 is 1. The summed E-state index contributed by atoms with van der Waals surface area (Å²) in [6, 6.07) is 8.11. The summed E-state index contributed by atoms with van der Waals surface area (Å²) in [6.45, 7) is 1.02. The second kappa shape index (κ2) is 6.12. The van der Waals surface area contributed by atoms with Gasteiger partial charge in [0.25, 0.3) is 0 Å². The smallest absolute Gasteiger partial charge is 0.152 e. The standard InChI is InChI=1S/C17H22N2O/c1-20-17-14-9-5-6-10-15(14)19-12-16(17)18-11-13-7-3-2-4-8-13/h5-6,9-10,12-13,18H,2-4,7-8,11H2,1H3. The van der Waals surface area contributed by atoms with E-state index in [0.29, 0.717) is 0 Å². The Morgan fingerprint density at radius 1 is 1.20 bits per heavy atom. The van der Waals surface area contributed by atoms with Crippen LogP contribution in [-0.2, 0) is 0 Å². The second-order valence-electron chi connectivity index (χ2n) is 5.61. The molecule has 3 heteroatoms. The third kappa shape index (κ3) is 2.72. The van der Waals surface area contributed by atoms with E-state index >= 15 is 0 Å². The summed E-state index contributed by atoms with van der Waals surface area (Å²) >= 11 is 0. The molecular formula is C17H22N2O. The van der Waals surface area contributed by atoms with Crippen LogP contribution in [0.1, 0.15) is 32.1 Å². The predicted octanol–water partition coefficient (Wildman–Crippen LogP) is 4.24. The summed E-state index contributed by atoms with van der Waals surface area (Å²) in [6.07, 6.45) is 8.73. The molecule has 2 aromatic rings. The number of fused-ring (bicyclic) bond motifs is 1. The van der Waals surface area contributed by atoms with Crippen molar-refractivity contribution in [2.24, 2.45) is 5.92 Å². The highest BCUT2D eigenvalue weighted by Crippen LogP contribution is 2.32. The minimum absolute atomic E-state index is 0.792. The van der Waals surface area contributed by atoms with Crippen molar-refractivity contribution in [3.8, 4) is 5.75 Å². The molecule has 0 atom stereocenters. The van der Waals surface area contributed by atoms with E-state index in [1.807, 2.05) is 24.4 Å². The van der Waals surface area contributed by atoms with Crippen LogP contribution in [0.25, 0.3) is 10.9 Å². The minimum Gasteiger partial charge on any atom is -0.494 e. The van der Waals surface area contributed by atoms with Crippen LogP contribution in [0.2, 0.25) is 0 Å². The summed E-state index contributed by atoms with van der Waals surface area (Å²) in [5.74, 6) is 1.70. The molecule has 1 aromatic carbocycles. The average molecular weight is 270 g/mol. The summed E-state index contributed by atoms with van der Waals surface area (Å²) < 4.78 is 5.60. The molecule has 1 N–H and O–H groups in total. The first-order chi connectivity index (χ1) is 9.88. The third-order valence-corrected chi connectivity index (χ3v) is 4.24. The van der Waals surface area contributed by atoms with Crippen LogP contribution >= 0.6 is 0 Å². The van der Waals surface area contributed by atoms with E-state index in [-0.39, 0.29) is 0 Å². The number of rotatable bonds is 4. The monoisotopic (exact) mass is 270 g/mol.